The fourth-order valence-corrected chi connectivity index (χ4v) is 2.54. The number of aromatic nitrogens is 1. The zero-order valence-corrected chi connectivity index (χ0v) is 13.0. The van der Waals surface area contributed by atoms with Crippen LogP contribution in [0.5, 0.6) is 0 Å². The Morgan fingerprint density at radius 2 is 2.15 bits per heavy atom. The number of hydrogen-bond acceptors (Lipinski definition) is 4. The number of amides is 2. The molecule has 1 rings (SSSR count). The average molecular weight is 299 g/mol. The number of aliphatic carboxylic acids is 1. The zero-order chi connectivity index (χ0) is 15.3. The van der Waals surface area contributed by atoms with Gasteiger partial charge in [-0.05, 0) is 12.8 Å². The molecule has 2 N–H and O–H groups in total. The van der Waals surface area contributed by atoms with E-state index in [2.05, 4.69) is 10.3 Å². The van der Waals surface area contributed by atoms with Crippen LogP contribution >= 0.6 is 11.3 Å². The first kappa shape index (κ1) is 16.4. The molecular formula is C13H21N3O3S. The number of rotatable bonds is 6. The molecule has 1 aromatic rings. The van der Waals surface area contributed by atoms with E-state index >= 15 is 0 Å². The van der Waals surface area contributed by atoms with Gasteiger partial charge in [-0.2, -0.15) is 0 Å². The van der Waals surface area contributed by atoms with Gasteiger partial charge in [0.05, 0.1) is 23.7 Å². The van der Waals surface area contributed by atoms with Crippen LogP contribution in [0.15, 0.2) is 5.51 Å². The lowest BCUT2D eigenvalue weighted by molar-refractivity contribution is -0.142. The van der Waals surface area contributed by atoms with E-state index < -0.39 is 11.9 Å². The lowest BCUT2D eigenvalue weighted by atomic mass is 9.96. The number of carboxylic acids is 1. The van der Waals surface area contributed by atoms with Crippen molar-refractivity contribution in [2.75, 3.05) is 13.6 Å². The molecule has 112 valence electrons. The maximum Gasteiger partial charge on any atom is 0.317 e. The summed E-state index contributed by atoms with van der Waals surface area (Å²) in [7, 11) is 1.68. The van der Waals surface area contributed by atoms with E-state index in [0.717, 1.165) is 10.6 Å². The normalized spacial score (nSPS) is 12.2. The molecule has 2 amide bonds. The summed E-state index contributed by atoms with van der Waals surface area (Å²) >= 11 is 1.50. The van der Waals surface area contributed by atoms with E-state index in [4.69, 9.17) is 5.11 Å². The minimum atomic E-state index is -0.888. The van der Waals surface area contributed by atoms with Crippen molar-refractivity contribution in [3.05, 3.63) is 16.1 Å². The van der Waals surface area contributed by atoms with Gasteiger partial charge in [0.15, 0.2) is 0 Å². The first-order valence-corrected chi connectivity index (χ1v) is 7.31. The van der Waals surface area contributed by atoms with Crippen LogP contribution in [0, 0.1) is 18.8 Å². The summed E-state index contributed by atoms with van der Waals surface area (Å²) in [5, 5.41) is 11.7. The molecule has 0 fully saturated rings. The molecule has 1 aromatic heterocycles. The molecule has 0 saturated heterocycles. The van der Waals surface area contributed by atoms with Gasteiger partial charge in [0.25, 0.3) is 0 Å². The predicted octanol–water partition coefficient (Wildman–Crippen LogP) is 1.95. The second kappa shape index (κ2) is 7.23. The predicted molar refractivity (Wildman–Crippen MR) is 77.7 cm³/mol. The molecule has 0 saturated carbocycles. The highest BCUT2D eigenvalue weighted by molar-refractivity contribution is 7.09. The van der Waals surface area contributed by atoms with Crippen molar-refractivity contribution in [1.29, 1.82) is 0 Å². The summed E-state index contributed by atoms with van der Waals surface area (Å²) < 4.78 is 0. The highest BCUT2D eigenvalue weighted by Crippen LogP contribution is 2.14. The monoisotopic (exact) mass is 299 g/mol. The Labute approximate surface area is 122 Å². The van der Waals surface area contributed by atoms with Gasteiger partial charge < -0.3 is 15.3 Å². The number of nitrogens with zero attached hydrogens (tertiary/aromatic N) is 2. The van der Waals surface area contributed by atoms with Crippen LogP contribution in [-0.4, -0.2) is 40.6 Å². The lowest BCUT2D eigenvalue weighted by Gasteiger charge is -2.21. The third-order valence-electron chi connectivity index (χ3n) is 3.17. The first-order chi connectivity index (χ1) is 9.32. The quantitative estimate of drug-likeness (QED) is 0.841. The Hall–Kier alpha value is -1.63. The topological polar surface area (TPSA) is 82.5 Å². The van der Waals surface area contributed by atoms with Crippen LogP contribution in [0.4, 0.5) is 4.79 Å². The van der Waals surface area contributed by atoms with Gasteiger partial charge in [0, 0.05) is 18.5 Å². The van der Waals surface area contributed by atoms with Gasteiger partial charge in [-0.15, -0.1) is 11.3 Å². The second-order valence-corrected chi connectivity index (χ2v) is 6.03. The number of thiazole rings is 1. The molecule has 0 radical (unpaired) electrons. The SMILES string of the molecule is Cc1ncsc1CN(C)C(=O)NCC(C(=O)O)C(C)C. The van der Waals surface area contributed by atoms with Gasteiger partial charge in [-0.3, -0.25) is 4.79 Å². The van der Waals surface area contributed by atoms with Crippen LogP contribution in [0.2, 0.25) is 0 Å². The number of aryl methyl sites for hydroxylation is 1. The highest BCUT2D eigenvalue weighted by Gasteiger charge is 2.22. The first-order valence-electron chi connectivity index (χ1n) is 6.43. The van der Waals surface area contributed by atoms with Crippen molar-refractivity contribution in [2.24, 2.45) is 11.8 Å². The Kier molecular flexibility index (Phi) is 5.94. The van der Waals surface area contributed by atoms with Gasteiger partial charge in [-0.1, -0.05) is 13.8 Å². The van der Waals surface area contributed by atoms with Crippen molar-refractivity contribution in [2.45, 2.75) is 27.3 Å². The summed E-state index contributed by atoms with van der Waals surface area (Å²) in [6.45, 7) is 6.17. The van der Waals surface area contributed by atoms with Gasteiger partial charge in [0.1, 0.15) is 0 Å². The number of carbonyl (C=O) groups excluding carboxylic acids is 1. The third kappa shape index (κ3) is 4.48. The Bertz CT molecular complexity index is 473. The number of nitrogens with one attached hydrogen (secondary N) is 1. The maximum atomic E-state index is 11.9. The van der Waals surface area contributed by atoms with E-state index in [1.54, 1.807) is 12.6 Å². The van der Waals surface area contributed by atoms with E-state index in [1.165, 1.54) is 16.2 Å². The average Bonchev–Trinajstić information content (AvgIpc) is 2.74. The van der Waals surface area contributed by atoms with E-state index in [9.17, 15) is 9.59 Å². The molecule has 7 heteroatoms. The van der Waals surface area contributed by atoms with E-state index in [-0.39, 0.29) is 18.5 Å². The van der Waals surface area contributed by atoms with Crippen LogP contribution in [0.25, 0.3) is 0 Å². The molecule has 0 bridgehead atoms. The molecule has 0 aliphatic heterocycles. The summed E-state index contributed by atoms with van der Waals surface area (Å²) in [5.74, 6) is -1.49. The molecule has 1 unspecified atom stereocenters. The summed E-state index contributed by atoms with van der Waals surface area (Å²) in [6, 6.07) is -0.273. The maximum absolute atomic E-state index is 11.9. The fraction of sp³-hybridized carbons (Fsp3) is 0.615. The second-order valence-electron chi connectivity index (χ2n) is 5.09. The lowest BCUT2D eigenvalue weighted by Crippen LogP contribution is -2.41. The number of carboxylic acid groups (broad SMARTS) is 1. The molecule has 20 heavy (non-hydrogen) atoms. The number of urea groups is 1. The molecule has 0 aliphatic carbocycles. The third-order valence-corrected chi connectivity index (χ3v) is 4.09. The number of carbonyl (C=O) groups is 2. The van der Waals surface area contributed by atoms with E-state index in [1.807, 2.05) is 20.8 Å². The zero-order valence-electron chi connectivity index (χ0n) is 12.2. The molecule has 0 aliphatic rings. The van der Waals surface area contributed by atoms with Crippen molar-refractivity contribution in [3.8, 4) is 0 Å². The summed E-state index contributed by atoms with van der Waals surface area (Å²) in [4.78, 5) is 29.7. The molecule has 0 aromatic carbocycles. The van der Waals surface area contributed by atoms with Crippen molar-refractivity contribution < 1.29 is 14.7 Å². The highest BCUT2D eigenvalue weighted by atomic mass is 32.1. The van der Waals surface area contributed by atoms with Crippen LogP contribution in [0.1, 0.15) is 24.4 Å². The van der Waals surface area contributed by atoms with Crippen molar-refractivity contribution in [1.82, 2.24) is 15.2 Å². The van der Waals surface area contributed by atoms with Gasteiger partial charge in [0.2, 0.25) is 0 Å². The van der Waals surface area contributed by atoms with Crippen LogP contribution in [0.3, 0.4) is 0 Å². The molecule has 0 spiro atoms. The standard InChI is InChI=1S/C13H21N3O3S/c1-8(2)10(12(17)18)5-14-13(19)16(4)6-11-9(3)15-7-20-11/h7-8,10H,5-6H2,1-4H3,(H,14,19)(H,17,18). The van der Waals surface area contributed by atoms with E-state index in [0.29, 0.717) is 6.54 Å². The van der Waals surface area contributed by atoms with Crippen molar-refractivity contribution >= 4 is 23.3 Å². The van der Waals surface area contributed by atoms with Gasteiger partial charge >= 0.3 is 12.0 Å². The number of hydrogen-bond donors (Lipinski definition) is 2. The van der Waals surface area contributed by atoms with Gasteiger partial charge in [-0.25, -0.2) is 9.78 Å². The summed E-state index contributed by atoms with van der Waals surface area (Å²) in [5.41, 5.74) is 2.66. The molecular weight excluding hydrogens is 278 g/mol. The Balaban J connectivity index is 2.50. The smallest absolute Gasteiger partial charge is 0.317 e. The fourth-order valence-electron chi connectivity index (χ4n) is 1.71. The van der Waals surface area contributed by atoms with Crippen LogP contribution in [-0.2, 0) is 11.3 Å². The minimum absolute atomic E-state index is 0.0261. The Morgan fingerprint density at radius 1 is 1.50 bits per heavy atom. The van der Waals surface area contributed by atoms with Crippen LogP contribution < -0.4 is 5.32 Å². The summed E-state index contributed by atoms with van der Waals surface area (Å²) in [6.07, 6.45) is 0. The minimum Gasteiger partial charge on any atom is -0.481 e. The molecule has 6 nitrogen and oxygen atoms in total. The van der Waals surface area contributed by atoms with Crippen molar-refractivity contribution in [3.63, 3.8) is 0 Å². The Morgan fingerprint density at radius 3 is 2.60 bits per heavy atom. The molecule has 1 atom stereocenters. The largest absolute Gasteiger partial charge is 0.481 e. The molecule has 1 heterocycles.